The van der Waals surface area contributed by atoms with Crippen LogP contribution in [-0.4, -0.2) is 43.0 Å². The van der Waals surface area contributed by atoms with E-state index >= 15 is 0 Å². The first-order chi connectivity index (χ1) is 11.0. The number of aromatic nitrogens is 1. The molecule has 0 bridgehead atoms. The van der Waals surface area contributed by atoms with Gasteiger partial charge in [-0.15, -0.1) is 0 Å². The monoisotopic (exact) mass is 316 g/mol. The fourth-order valence-electron chi connectivity index (χ4n) is 2.03. The number of carbonyl (C=O) groups is 1. The third kappa shape index (κ3) is 5.67. The first kappa shape index (κ1) is 16.9. The molecule has 5 nitrogen and oxygen atoms in total. The van der Waals surface area contributed by atoms with Crippen LogP contribution in [0.5, 0.6) is 0 Å². The molecule has 2 rings (SSSR count). The Hall–Kier alpha value is -2.47. The van der Waals surface area contributed by atoms with Gasteiger partial charge in [0.1, 0.15) is 5.82 Å². The Bertz CT molecular complexity index is 643. The number of anilines is 2. The Morgan fingerprint density at radius 2 is 1.91 bits per heavy atom. The van der Waals surface area contributed by atoms with E-state index in [0.29, 0.717) is 17.8 Å². The molecule has 0 unspecified atom stereocenters. The molecule has 2 N–H and O–H groups in total. The number of benzene rings is 1. The second-order valence-electron chi connectivity index (χ2n) is 5.51. The van der Waals surface area contributed by atoms with Crippen molar-refractivity contribution >= 4 is 17.3 Å². The number of rotatable bonds is 7. The van der Waals surface area contributed by atoms with Crippen molar-refractivity contribution < 1.29 is 9.18 Å². The second kappa shape index (κ2) is 8.24. The Morgan fingerprint density at radius 1 is 1.17 bits per heavy atom. The Kier molecular flexibility index (Phi) is 6.05. The van der Waals surface area contributed by atoms with Gasteiger partial charge in [-0.1, -0.05) is 0 Å². The van der Waals surface area contributed by atoms with Gasteiger partial charge in [0.2, 0.25) is 0 Å². The molecule has 0 aliphatic rings. The minimum absolute atomic E-state index is 0.154. The van der Waals surface area contributed by atoms with Crippen LogP contribution >= 0.6 is 0 Å². The molecule has 1 aromatic heterocycles. The molecular weight excluding hydrogens is 295 g/mol. The molecule has 23 heavy (non-hydrogen) atoms. The van der Waals surface area contributed by atoms with E-state index in [1.807, 2.05) is 14.1 Å². The van der Waals surface area contributed by atoms with E-state index in [9.17, 15) is 9.18 Å². The minimum atomic E-state index is -0.292. The molecule has 0 saturated carbocycles. The maximum atomic E-state index is 12.9. The van der Waals surface area contributed by atoms with Gasteiger partial charge in [-0.25, -0.2) is 4.39 Å². The Balaban J connectivity index is 1.93. The second-order valence-corrected chi connectivity index (χ2v) is 5.51. The molecule has 6 heteroatoms. The van der Waals surface area contributed by atoms with Gasteiger partial charge in [0, 0.05) is 18.4 Å². The molecule has 0 radical (unpaired) electrons. The number of nitrogens with one attached hydrogen (secondary N) is 2. The van der Waals surface area contributed by atoms with Crippen LogP contribution in [0.2, 0.25) is 0 Å². The van der Waals surface area contributed by atoms with Crippen molar-refractivity contribution in [3.05, 3.63) is 54.1 Å². The zero-order valence-electron chi connectivity index (χ0n) is 13.3. The van der Waals surface area contributed by atoms with E-state index in [1.54, 1.807) is 24.4 Å². The van der Waals surface area contributed by atoms with Crippen molar-refractivity contribution in [3.8, 4) is 0 Å². The minimum Gasteiger partial charge on any atom is -0.354 e. The summed E-state index contributed by atoms with van der Waals surface area (Å²) in [5.74, 6) is -0.446. The summed E-state index contributed by atoms with van der Waals surface area (Å²) in [5.41, 5.74) is 1.90. The number of hydrogen-bond donors (Lipinski definition) is 2. The molecule has 1 amide bonds. The normalized spacial score (nSPS) is 10.6. The smallest absolute Gasteiger partial charge is 0.252 e. The zero-order chi connectivity index (χ0) is 16.7. The Morgan fingerprint density at radius 3 is 2.61 bits per heavy atom. The van der Waals surface area contributed by atoms with Crippen LogP contribution in [0.4, 0.5) is 15.8 Å². The van der Waals surface area contributed by atoms with Crippen LogP contribution < -0.4 is 10.6 Å². The van der Waals surface area contributed by atoms with Gasteiger partial charge in [0.15, 0.2) is 0 Å². The summed E-state index contributed by atoms with van der Waals surface area (Å²) >= 11 is 0. The van der Waals surface area contributed by atoms with Gasteiger partial charge in [-0.05, 0) is 57.4 Å². The Labute approximate surface area is 135 Å². The number of halogens is 1. The molecule has 2 aromatic rings. The van der Waals surface area contributed by atoms with Crippen LogP contribution in [0, 0.1) is 5.82 Å². The van der Waals surface area contributed by atoms with Gasteiger partial charge in [0.25, 0.3) is 5.91 Å². The molecule has 0 aliphatic carbocycles. The van der Waals surface area contributed by atoms with Gasteiger partial charge in [-0.2, -0.15) is 0 Å². The van der Waals surface area contributed by atoms with Crippen molar-refractivity contribution in [1.82, 2.24) is 15.2 Å². The van der Waals surface area contributed by atoms with Gasteiger partial charge >= 0.3 is 0 Å². The highest BCUT2D eigenvalue weighted by Crippen LogP contribution is 2.17. The van der Waals surface area contributed by atoms with E-state index in [-0.39, 0.29) is 11.7 Å². The summed E-state index contributed by atoms with van der Waals surface area (Å²) in [7, 11) is 3.99. The predicted molar refractivity (Wildman–Crippen MR) is 89.4 cm³/mol. The predicted octanol–water partition coefficient (Wildman–Crippen LogP) is 2.65. The topological polar surface area (TPSA) is 57.3 Å². The van der Waals surface area contributed by atoms with Crippen molar-refractivity contribution in [2.75, 3.05) is 32.5 Å². The van der Waals surface area contributed by atoms with Crippen molar-refractivity contribution in [3.63, 3.8) is 0 Å². The molecule has 1 aromatic carbocycles. The lowest BCUT2D eigenvalue weighted by atomic mass is 10.2. The van der Waals surface area contributed by atoms with Gasteiger partial charge in [-0.3, -0.25) is 9.78 Å². The summed E-state index contributed by atoms with van der Waals surface area (Å²) in [6.07, 6.45) is 4.03. The first-order valence-corrected chi connectivity index (χ1v) is 7.45. The molecule has 0 aliphatic heterocycles. The first-order valence-electron chi connectivity index (χ1n) is 7.45. The van der Waals surface area contributed by atoms with Crippen LogP contribution in [0.25, 0.3) is 0 Å². The number of carbonyl (C=O) groups excluding carboxylic acids is 1. The number of amides is 1. The van der Waals surface area contributed by atoms with E-state index in [1.165, 1.54) is 18.3 Å². The largest absolute Gasteiger partial charge is 0.354 e. The third-order valence-electron chi connectivity index (χ3n) is 3.20. The summed E-state index contributed by atoms with van der Waals surface area (Å²) in [6, 6.07) is 7.72. The molecule has 0 spiro atoms. The van der Waals surface area contributed by atoms with Crippen LogP contribution in [-0.2, 0) is 0 Å². The summed E-state index contributed by atoms with van der Waals surface area (Å²) in [6.45, 7) is 1.54. The maximum absolute atomic E-state index is 12.9. The van der Waals surface area contributed by atoms with Gasteiger partial charge in [0.05, 0.1) is 17.4 Å². The molecule has 122 valence electrons. The number of nitrogens with zero attached hydrogens (tertiary/aromatic N) is 2. The number of hydrogen-bond acceptors (Lipinski definition) is 4. The highest BCUT2D eigenvalue weighted by molar-refractivity contribution is 5.94. The van der Waals surface area contributed by atoms with Crippen LogP contribution in [0.1, 0.15) is 16.8 Å². The average Bonchev–Trinajstić information content (AvgIpc) is 2.54. The summed E-state index contributed by atoms with van der Waals surface area (Å²) in [5, 5.41) is 5.96. The lowest BCUT2D eigenvalue weighted by Crippen LogP contribution is -2.27. The third-order valence-corrected chi connectivity index (χ3v) is 3.20. The highest BCUT2D eigenvalue weighted by atomic mass is 19.1. The average molecular weight is 316 g/mol. The fourth-order valence-corrected chi connectivity index (χ4v) is 2.03. The van der Waals surface area contributed by atoms with E-state index in [2.05, 4.69) is 20.5 Å². The van der Waals surface area contributed by atoms with Crippen molar-refractivity contribution in [2.45, 2.75) is 6.42 Å². The molecule has 0 fully saturated rings. The van der Waals surface area contributed by atoms with Crippen molar-refractivity contribution in [2.24, 2.45) is 0 Å². The van der Waals surface area contributed by atoms with Crippen LogP contribution in [0.15, 0.2) is 42.7 Å². The molecule has 0 saturated heterocycles. The zero-order valence-corrected chi connectivity index (χ0v) is 13.3. The lowest BCUT2D eigenvalue weighted by Gasteiger charge is -2.10. The lowest BCUT2D eigenvalue weighted by molar-refractivity contribution is 0.0952. The summed E-state index contributed by atoms with van der Waals surface area (Å²) in [4.78, 5) is 18.2. The standard InChI is InChI=1S/C17H21FN4O/c1-22(2)9-3-8-20-17(23)13-10-16(12-19-11-13)21-15-6-4-14(18)5-7-15/h4-7,10-12,21H,3,8-9H2,1-2H3,(H,20,23). The number of pyridine rings is 1. The van der Waals surface area contributed by atoms with E-state index < -0.39 is 0 Å². The molecule has 1 heterocycles. The van der Waals surface area contributed by atoms with E-state index in [4.69, 9.17) is 0 Å². The maximum Gasteiger partial charge on any atom is 0.252 e. The van der Waals surface area contributed by atoms with E-state index in [0.717, 1.165) is 18.7 Å². The molecular formula is C17H21FN4O. The molecule has 0 atom stereocenters. The quantitative estimate of drug-likeness (QED) is 0.771. The SMILES string of the molecule is CN(C)CCCNC(=O)c1cncc(Nc2ccc(F)cc2)c1. The van der Waals surface area contributed by atoms with Crippen molar-refractivity contribution in [1.29, 1.82) is 0 Å². The fraction of sp³-hybridized carbons (Fsp3) is 0.294. The summed E-state index contributed by atoms with van der Waals surface area (Å²) < 4.78 is 12.9. The van der Waals surface area contributed by atoms with Crippen LogP contribution in [0.3, 0.4) is 0 Å². The highest BCUT2D eigenvalue weighted by Gasteiger charge is 2.07. The van der Waals surface area contributed by atoms with Gasteiger partial charge < -0.3 is 15.5 Å².